The summed E-state index contributed by atoms with van der Waals surface area (Å²) in [4.78, 5) is 11.1. The Bertz CT molecular complexity index is 443. The molecule has 102 valence electrons. The van der Waals surface area contributed by atoms with Gasteiger partial charge in [-0.1, -0.05) is 29.8 Å². The minimum Gasteiger partial charge on any atom is -0.259 e. The number of hydrogen-bond donors (Lipinski definition) is 0. The second-order valence-electron chi connectivity index (χ2n) is 4.83. The molecule has 0 amide bonds. The summed E-state index contributed by atoms with van der Waals surface area (Å²) in [5.41, 5.74) is 1.37. The van der Waals surface area contributed by atoms with Crippen molar-refractivity contribution in [3.8, 4) is 0 Å². The maximum Gasteiger partial charge on any atom is 0.313 e. The number of alkyl halides is 1. The van der Waals surface area contributed by atoms with E-state index in [4.69, 9.17) is 0 Å². The Balaban J connectivity index is 3.41. The lowest BCUT2D eigenvalue weighted by atomic mass is 10.00. The van der Waals surface area contributed by atoms with E-state index in [9.17, 15) is 10.1 Å². The molecule has 0 bridgehead atoms. The van der Waals surface area contributed by atoms with Crippen LogP contribution in [-0.4, -0.2) is 19.5 Å². The molecule has 1 aromatic heterocycles. The van der Waals surface area contributed by atoms with Crippen molar-refractivity contribution in [2.45, 2.75) is 57.8 Å². The van der Waals surface area contributed by atoms with E-state index in [2.05, 4.69) is 28.0 Å². The zero-order valence-corrected chi connectivity index (χ0v) is 13.1. The number of rotatable bonds is 5. The van der Waals surface area contributed by atoms with Crippen molar-refractivity contribution < 1.29 is 4.92 Å². The molecule has 6 heteroatoms. The third-order valence-electron chi connectivity index (χ3n) is 3.13. The van der Waals surface area contributed by atoms with Crippen LogP contribution >= 0.6 is 15.9 Å². The average molecular weight is 318 g/mol. The van der Waals surface area contributed by atoms with Gasteiger partial charge in [0.25, 0.3) is 0 Å². The molecule has 0 spiro atoms. The Kier molecular flexibility index (Phi) is 4.90. The van der Waals surface area contributed by atoms with Crippen LogP contribution in [0.5, 0.6) is 0 Å². The van der Waals surface area contributed by atoms with Gasteiger partial charge in [0.15, 0.2) is 0 Å². The number of nitro groups is 1. The first kappa shape index (κ1) is 15.1. The van der Waals surface area contributed by atoms with Gasteiger partial charge in [0.05, 0.1) is 4.92 Å². The molecule has 0 fully saturated rings. The van der Waals surface area contributed by atoms with Crippen LogP contribution in [0.25, 0.3) is 0 Å². The van der Waals surface area contributed by atoms with Gasteiger partial charge in [-0.05, 0) is 27.2 Å². The van der Waals surface area contributed by atoms with E-state index in [0.29, 0.717) is 5.69 Å². The maximum absolute atomic E-state index is 11.2. The number of aryl methyl sites for hydroxylation is 1. The maximum atomic E-state index is 11.2. The Hall–Kier alpha value is -0.910. The number of halogens is 1. The van der Waals surface area contributed by atoms with Crippen LogP contribution in [0.2, 0.25) is 0 Å². The summed E-state index contributed by atoms with van der Waals surface area (Å²) in [6.45, 7) is 9.74. The first-order valence-corrected chi connectivity index (χ1v) is 7.10. The first-order chi connectivity index (χ1) is 8.31. The van der Waals surface area contributed by atoms with Gasteiger partial charge in [0.2, 0.25) is 0 Å². The van der Waals surface area contributed by atoms with Crippen molar-refractivity contribution in [1.82, 2.24) is 9.78 Å². The molecule has 0 aliphatic heterocycles. The molecule has 2 unspecified atom stereocenters. The van der Waals surface area contributed by atoms with Crippen LogP contribution in [0, 0.1) is 17.0 Å². The van der Waals surface area contributed by atoms with Crippen molar-refractivity contribution >= 4 is 21.6 Å². The predicted octanol–water partition coefficient (Wildman–Crippen LogP) is 3.96. The smallest absolute Gasteiger partial charge is 0.259 e. The second-order valence-corrected chi connectivity index (χ2v) is 6.00. The molecule has 18 heavy (non-hydrogen) atoms. The van der Waals surface area contributed by atoms with Crippen LogP contribution in [0.15, 0.2) is 0 Å². The van der Waals surface area contributed by atoms with Crippen LogP contribution in [0.1, 0.15) is 57.5 Å². The molecule has 1 heterocycles. The van der Waals surface area contributed by atoms with E-state index in [0.717, 1.165) is 12.1 Å². The number of aromatic nitrogens is 2. The zero-order valence-electron chi connectivity index (χ0n) is 11.5. The van der Waals surface area contributed by atoms with Gasteiger partial charge in [0.1, 0.15) is 11.4 Å². The van der Waals surface area contributed by atoms with E-state index in [1.54, 1.807) is 11.6 Å². The Morgan fingerprint density at radius 1 is 1.44 bits per heavy atom. The molecule has 5 nitrogen and oxygen atoms in total. The van der Waals surface area contributed by atoms with Crippen molar-refractivity contribution in [3.05, 3.63) is 21.5 Å². The average Bonchev–Trinajstić information content (AvgIpc) is 2.64. The Labute approximate surface area is 116 Å². The van der Waals surface area contributed by atoms with Gasteiger partial charge >= 0.3 is 5.69 Å². The van der Waals surface area contributed by atoms with Crippen LogP contribution in [-0.2, 0) is 0 Å². The fourth-order valence-corrected chi connectivity index (χ4v) is 2.38. The first-order valence-electron chi connectivity index (χ1n) is 6.18. The highest BCUT2D eigenvalue weighted by Gasteiger charge is 2.32. The molecular formula is C12H20BrN3O2. The molecule has 1 aromatic rings. The lowest BCUT2D eigenvalue weighted by molar-refractivity contribution is -0.386. The molecular weight excluding hydrogens is 298 g/mol. The van der Waals surface area contributed by atoms with Gasteiger partial charge in [-0.2, -0.15) is 5.10 Å². The highest BCUT2D eigenvalue weighted by atomic mass is 79.9. The van der Waals surface area contributed by atoms with E-state index in [1.807, 2.05) is 20.8 Å². The fraction of sp³-hybridized carbons (Fsp3) is 0.750. The number of nitrogens with zero attached hydrogens (tertiary/aromatic N) is 3. The van der Waals surface area contributed by atoms with Crippen molar-refractivity contribution in [3.63, 3.8) is 0 Å². The lowest BCUT2D eigenvalue weighted by Gasteiger charge is -2.19. The van der Waals surface area contributed by atoms with Crippen molar-refractivity contribution in [1.29, 1.82) is 0 Å². The quantitative estimate of drug-likeness (QED) is 0.469. The van der Waals surface area contributed by atoms with E-state index in [1.165, 1.54) is 0 Å². The van der Waals surface area contributed by atoms with Crippen LogP contribution < -0.4 is 0 Å². The van der Waals surface area contributed by atoms with E-state index < -0.39 is 0 Å². The molecule has 1 rings (SSSR count). The summed E-state index contributed by atoms with van der Waals surface area (Å²) in [6.07, 6.45) is 0.917. The normalized spacial score (nSPS) is 14.8. The summed E-state index contributed by atoms with van der Waals surface area (Å²) in [5.74, 6) is 0.0546. The molecule has 0 aliphatic rings. The molecule has 0 saturated heterocycles. The standard InChI is InChI=1S/C12H20BrN3O2/c1-6-10(13)8(4)11-12(16(17)18)9(5)14-15(11)7(2)3/h7-8,10H,6H2,1-5H3. The van der Waals surface area contributed by atoms with Gasteiger partial charge in [-0.15, -0.1) is 0 Å². The molecule has 2 atom stereocenters. The zero-order chi connectivity index (χ0) is 14.0. The summed E-state index contributed by atoms with van der Waals surface area (Å²) in [7, 11) is 0. The third-order valence-corrected chi connectivity index (χ3v) is 4.57. The van der Waals surface area contributed by atoms with Crippen LogP contribution in [0.4, 0.5) is 5.69 Å². The highest BCUT2D eigenvalue weighted by Crippen LogP contribution is 2.36. The second kappa shape index (κ2) is 5.82. The summed E-state index contributed by atoms with van der Waals surface area (Å²) < 4.78 is 1.78. The van der Waals surface area contributed by atoms with Gasteiger partial charge < -0.3 is 0 Å². The van der Waals surface area contributed by atoms with Gasteiger partial charge in [-0.3, -0.25) is 14.8 Å². The van der Waals surface area contributed by atoms with Crippen molar-refractivity contribution in [2.24, 2.45) is 0 Å². The summed E-state index contributed by atoms with van der Waals surface area (Å²) in [5, 5.41) is 15.6. The molecule has 0 radical (unpaired) electrons. The molecule has 0 aromatic carbocycles. The largest absolute Gasteiger partial charge is 0.313 e. The SMILES string of the molecule is CCC(Br)C(C)c1c([N+](=O)[O-])c(C)nn1C(C)C. The summed E-state index contributed by atoms with van der Waals surface area (Å²) in [6, 6.07) is 0.117. The van der Waals surface area contributed by atoms with Crippen molar-refractivity contribution in [2.75, 3.05) is 0 Å². The molecule has 0 aliphatic carbocycles. The number of hydrogen-bond acceptors (Lipinski definition) is 3. The fourth-order valence-electron chi connectivity index (χ4n) is 2.13. The predicted molar refractivity (Wildman–Crippen MR) is 75.4 cm³/mol. The Morgan fingerprint density at radius 3 is 2.39 bits per heavy atom. The molecule has 0 N–H and O–H groups in total. The van der Waals surface area contributed by atoms with Gasteiger partial charge in [0, 0.05) is 16.8 Å². The lowest BCUT2D eigenvalue weighted by Crippen LogP contribution is -2.16. The molecule has 0 saturated carbocycles. The monoisotopic (exact) mass is 317 g/mol. The van der Waals surface area contributed by atoms with E-state index in [-0.39, 0.29) is 27.4 Å². The third kappa shape index (κ3) is 2.74. The van der Waals surface area contributed by atoms with E-state index >= 15 is 0 Å². The topological polar surface area (TPSA) is 61.0 Å². The summed E-state index contributed by atoms with van der Waals surface area (Å²) >= 11 is 3.59. The van der Waals surface area contributed by atoms with Crippen LogP contribution in [0.3, 0.4) is 0 Å². The van der Waals surface area contributed by atoms with Gasteiger partial charge in [-0.25, -0.2) is 0 Å². The highest BCUT2D eigenvalue weighted by molar-refractivity contribution is 9.09. The minimum atomic E-state index is -0.317. The Morgan fingerprint density at radius 2 is 2.00 bits per heavy atom. The minimum absolute atomic E-state index is 0.0546.